The number of carboxylic acid groups (broad SMARTS) is 1. The molecule has 6 nitrogen and oxygen atoms in total. The maximum atomic E-state index is 12.1. The molecule has 1 aromatic heterocycles. The summed E-state index contributed by atoms with van der Waals surface area (Å²) >= 11 is 6.05. The molecule has 0 fully saturated rings. The number of amides is 1. The Kier molecular flexibility index (Phi) is 6.28. The molecule has 1 atom stereocenters. The molecule has 0 saturated carbocycles. The molecule has 4 N–H and O–H groups in total. The number of rotatable bonds is 7. The summed E-state index contributed by atoms with van der Waals surface area (Å²) in [6.45, 7) is 0. The number of carboxylic acids is 1. The van der Waals surface area contributed by atoms with Crippen LogP contribution in [0.5, 0.6) is 0 Å². The van der Waals surface area contributed by atoms with Crippen molar-refractivity contribution >= 4 is 29.2 Å². The van der Waals surface area contributed by atoms with Gasteiger partial charge < -0.3 is 16.2 Å². The van der Waals surface area contributed by atoms with Gasteiger partial charge in [0.15, 0.2) is 0 Å². The second-order valence-corrected chi connectivity index (χ2v) is 5.80. The monoisotopic (exact) mass is 347 g/mol. The van der Waals surface area contributed by atoms with E-state index in [9.17, 15) is 9.59 Å². The van der Waals surface area contributed by atoms with Crippen molar-refractivity contribution in [1.82, 2.24) is 4.98 Å². The lowest BCUT2D eigenvalue weighted by Crippen LogP contribution is -2.36. The van der Waals surface area contributed by atoms with E-state index in [1.165, 1.54) is 0 Å². The molecular formula is C17H18ClN3O3. The molecule has 1 heterocycles. The summed E-state index contributed by atoms with van der Waals surface area (Å²) in [5, 5.41) is 12.0. The molecule has 2 rings (SSSR count). The summed E-state index contributed by atoms with van der Waals surface area (Å²) in [6, 6.07) is 8.02. The molecule has 0 aliphatic carbocycles. The van der Waals surface area contributed by atoms with E-state index in [1.807, 2.05) is 12.1 Å². The van der Waals surface area contributed by atoms with Gasteiger partial charge in [0, 0.05) is 35.9 Å². The van der Waals surface area contributed by atoms with Crippen molar-refractivity contribution < 1.29 is 14.7 Å². The number of nitrogens with one attached hydrogen (secondary N) is 1. The standard InChI is InChI=1S/C17H18ClN3O3/c18-13-3-5-15(21-17(24)14(19)4-6-16(22)23)12(9-13)8-11-2-1-7-20-10-11/h1-3,5,7,9-10,14H,4,6,8,19H2,(H,21,24)(H,22,23). The van der Waals surface area contributed by atoms with Gasteiger partial charge in [0.2, 0.25) is 5.91 Å². The number of benzene rings is 1. The van der Waals surface area contributed by atoms with E-state index in [1.54, 1.807) is 30.6 Å². The Bertz CT molecular complexity index is 722. The highest BCUT2D eigenvalue weighted by Gasteiger charge is 2.16. The molecule has 1 aromatic carbocycles. The van der Waals surface area contributed by atoms with Crippen LogP contribution in [0.25, 0.3) is 0 Å². The Hall–Kier alpha value is -2.44. The Balaban J connectivity index is 2.12. The molecule has 126 valence electrons. The van der Waals surface area contributed by atoms with Crippen molar-refractivity contribution in [2.45, 2.75) is 25.3 Å². The average molecular weight is 348 g/mol. The molecule has 0 radical (unpaired) electrons. The number of hydrogen-bond acceptors (Lipinski definition) is 4. The zero-order valence-electron chi connectivity index (χ0n) is 12.9. The number of hydrogen-bond donors (Lipinski definition) is 3. The lowest BCUT2D eigenvalue weighted by Gasteiger charge is -2.15. The first kappa shape index (κ1) is 17.9. The number of pyridine rings is 1. The van der Waals surface area contributed by atoms with Crippen LogP contribution in [0, 0.1) is 0 Å². The van der Waals surface area contributed by atoms with Crippen molar-refractivity contribution in [1.29, 1.82) is 0 Å². The van der Waals surface area contributed by atoms with Gasteiger partial charge in [-0.3, -0.25) is 14.6 Å². The third-order valence-electron chi connectivity index (χ3n) is 3.45. The minimum atomic E-state index is -0.984. The quantitative estimate of drug-likeness (QED) is 0.713. The highest BCUT2D eigenvalue weighted by molar-refractivity contribution is 6.30. The highest BCUT2D eigenvalue weighted by atomic mass is 35.5. The van der Waals surface area contributed by atoms with E-state index in [0.29, 0.717) is 17.1 Å². The first-order chi connectivity index (χ1) is 11.5. The maximum Gasteiger partial charge on any atom is 0.303 e. The van der Waals surface area contributed by atoms with E-state index in [0.717, 1.165) is 11.1 Å². The van der Waals surface area contributed by atoms with E-state index < -0.39 is 17.9 Å². The predicted octanol–water partition coefficient (Wildman–Crippen LogP) is 2.46. The number of anilines is 1. The van der Waals surface area contributed by atoms with Crippen molar-refractivity contribution in [3.63, 3.8) is 0 Å². The third-order valence-corrected chi connectivity index (χ3v) is 3.68. The SMILES string of the molecule is NC(CCC(=O)O)C(=O)Nc1ccc(Cl)cc1Cc1cccnc1. The second kappa shape index (κ2) is 8.42. The Labute approximate surface area is 144 Å². The van der Waals surface area contributed by atoms with Gasteiger partial charge in [0.25, 0.3) is 0 Å². The minimum absolute atomic E-state index is 0.0761. The summed E-state index contributed by atoms with van der Waals surface area (Å²) in [7, 11) is 0. The summed E-state index contributed by atoms with van der Waals surface area (Å²) in [5.41, 5.74) is 8.14. The van der Waals surface area contributed by atoms with Crippen molar-refractivity contribution in [3.8, 4) is 0 Å². The number of carbonyl (C=O) groups excluding carboxylic acids is 1. The van der Waals surface area contributed by atoms with E-state index in [-0.39, 0.29) is 12.8 Å². The molecule has 7 heteroatoms. The largest absolute Gasteiger partial charge is 0.481 e. The zero-order valence-corrected chi connectivity index (χ0v) is 13.7. The van der Waals surface area contributed by atoms with Crippen LogP contribution in [0.2, 0.25) is 5.02 Å². The fourth-order valence-electron chi connectivity index (χ4n) is 2.19. The molecule has 2 aromatic rings. The number of nitrogens with two attached hydrogens (primary N) is 1. The fraction of sp³-hybridized carbons (Fsp3) is 0.235. The molecule has 1 unspecified atom stereocenters. The second-order valence-electron chi connectivity index (χ2n) is 5.37. The number of aliphatic carboxylic acids is 1. The Morgan fingerprint density at radius 2 is 2.12 bits per heavy atom. The fourth-order valence-corrected chi connectivity index (χ4v) is 2.38. The molecular weight excluding hydrogens is 330 g/mol. The maximum absolute atomic E-state index is 12.1. The topological polar surface area (TPSA) is 105 Å². The van der Waals surface area contributed by atoms with Crippen LogP contribution in [0.3, 0.4) is 0 Å². The summed E-state index contributed by atoms with van der Waals surface area (Å²) in [5.74, 6) is -1.41. The molecule has 0 bridgehead atoms. The van der Waals surface area contributed by atoms with E-state index in [4.69, 9.17) is 22.4 Å². The van der Waals surface area contributed by atoms with Crippen LogP contribution in [0.4, 0.5) is 5.69 Å². The zero-order chi connectivity index (χ0) is 17.5. The van der Waals surface area contributed by atoms with Gasteiger partial charge in [0.05, 0.1) is 6.04 Å². The summed E-state index contributed by atoms with van der Waals surface area (Å²) < 4.78 is 0. The third kappa shape index (κ3) is 5.33. The molecule has 0 aliphatic rings. The molecule has 0 saturated heterocycles. The van der Waals surface area contributed by atoms with Crippen LogP contribution < -0.4 is 11.1 Å². The van der Waals surface area contributed by atoms with Gasteiger partial charge in [-0.15, -0.1) is 0 Å². The van der Waals surface area contributed by atoms with Gasteiger partial charge in [-0.25, -0.2) is 0 Å². The molecule has 24 heavy (non-hydrogen) atoms. The van der Waals surface area contributed by atoms with Gasteiger partial charge in [-0.2, -0.15) is 0 Å². The van der Waals surface area contributed by atoms with Crippen LogP contribution in [-0.2, 0) is 16.0 Å². The van der Waals surface area contributed by atoms with Gasteiger partial charge in [-0.1, -0.05) is 17.7 Å². The summed E-state index contributed by atoms with van der Waals surface area (Å²) in [6.07, 6.45) is 3.90. The number of aromatic nitrogens is 1. The van der Waals surface area contributed by atoms with Crippen molar-refractivity contribution in [2.24, 2.45) is 5.73 Å². The molecule has 0 aliphatic heterocycles. The lowest BCUT2D eigenvalue weighted by molar-refractivity contribution is -0.137. The highest BCUT2D eigenvalue weighted by Crippen LogP contribution is 2.23. The van der Waals surface area contributed by atoms with Gasteiger partial charge in [-0.05, 0) is 41.8 Å². The van der Waals surface area contributed by atoms with E-state index in [2.05, 4.69) is 10.3 Å². The number of carbonyl (C=O) groups is 2. The van der Waals surface area contributed by atoms with Crippen molar-refractivity contribution in [2.75, 3.05) is 5.32 Å². The number of nitrogens with zero attached hydrogens (tertiary/aromatic N) is 1. The predicted molar refractivity (Wildman–Crippen MR) is 92.0 cm³/mol. The Morgan fingerprint density at radius 1 is 1.33 bits per heavy atom. The van der Waals surface area contributed by atoms with Gasteiger partial charge in [0.1, 0.15) is 0 Å². The Morgan fingerprint density at radius 3 is 2.79 bits per heavy atom. The van der Waals surface area contributed by atoms with Gasteiger partial charge >= 0.3 is 5.97 Å². The summed E-state index contributed by atoms with van der Waals surface area (Å²) in [4.78, 5) is 26.8. The minimum Gasteiger partial charge on any atom is -0.481 e. The molecule has 1 amide bonds. The normalized spacial score (nSPS) is 11.8. The lowest BCUT2D eigenvalue weighted by atomic mass is 10.0. The van der Waals surface area contributed by atoms with Crippen LogP contribution in [0.1, 0.15) is 24.0 Å². The molecule has 0 spiro atoms. The average Bonchev–Trinajstić information content (AvgIpc) is 2.56. The number of halogens is 1. The first-order valence-corrected chi connectivity index (χ1v) is 7.79. The smallest absolute Gasteiger partial charge is 0.303 e. The van der Waals surface area contributed by atoms with Crippen LogP contribution in [-0.4, -0.2) is 28.0 Å². The van der Waals surface area contributed by atoms with Crippen LogP contribution >= 0.6 is 11.6 Å². The first-order valence-electron chi connectivity index (χ1n) is 7.41. The van der Waals surface area contributed by atoms with E-state index >= 15 is 0 Å². The van der Waals surface area contributed by atoms with Crippen LogP contribution in [0.15, 0.2) is 42.7 Å². The van der Waals surface area contributed by atoms with Crippen molar-refractivity contribution in [3.05, 3.63) is 58.9 Å².